The van der Waals surface area contributed by atoms with Gasteiger partial charge in [0, 0.05) is 37.2 Å². The average Bonchev–Trinajstić information content (AvgIpc) is 3.91. The second-order valence-electron chi connectivity index (χ2n) is 12.9. The van der Waals surface area contributed by atoms with Crippen molar-refractivity contribution in [2.75, 3.05) is 18.9 Å². The molecule has 2 saturated carbocycles. The van der Waals surface area contributed by atoms with Crippen molar-refractivity contribution in [3.8, 4) is 11.8 Å². The Morgan fingerprint density at radius 1 is 1.23 bits per heavy atom. The van der Waals surface area contributed by atoms with Gasteiger partial charge in [0.15, 0.2) is 0 Å². The van der Waals surface area contributed by atoms with E-state index in [0.717, 1.165) is 52.2 Å². The van der Waals surface area contributed by atoms with E-state index >= 15 is 0 Å². The van der Waals surface area contributed by atoms with E-state index in [4.69, 9.17) is 9.72 Å². The largest absolute Gasteiger partial charge is 0.488 e. The lowest BCUT2D eigenvalue weighted by Gasteiger charge is -2.33. The van der Waals surface area contributed by atoms with Crippen LogP contribution in [0.4, 0.5) is 5.69 Å². The Bertz CT molecular complexity index is 1690. The van der Waals surface area contributed by atoms with Crippen molar-refractivity contribution >= 4 is 45.0 Å². The van der Waals surface area contributed by atoms with E-state index in [1.54, 1.807) is 24.5 Å². The Morgan fingerprint density at radius 3 is 2.70 bits per heavy atom. The number of benzene rings is 2. The number of carbonyl (C=O) groups is 3. The SMILES string of the molecule is CC(C)C[C@@H](C(=O)N1C[C@]2(C[C@H]1C#N)C(=O)Nc1ccccc12)N(C)C(=O)c1cc(OC2CC2)c2nc(C3CC3)sc2c1. The molecule has 10 heteroatoms. The van der Waals surface area contributed by atoms with Crippen LogP contribution in [0, 0.1) is 17.2 Å². The van der Waals surface area contributed by atoms with Gasteiger partial charge < -0.3 is 19.9 Å². The van der Waals surface area contributed by atoms with Crippen LogP contribution in [-0.2, 0) is 15.0 Å². The van der Waals surface area contributed by atoms with E-state index in [1.165, 1.54) is 9.80 Å². The van der Waals surface area contributed by atoms with Gasteiger partial charge >= 0.3 is 0 Å². The van der Waals surface area contributed by atoms with Gasteiger partial charge in [-0.05, 0) is 61.8 Å². The number of fused-ring (bicyclic) bond motifs is 3. The molecule has 4 aliphatic rings. The number of aromatic nitrogens is 1. The van der Waals surface area contributed by atoms with Crippen LogP contribution >= 0.6 is 11.3 Å². The summed E-state index contributed by atoms with van der Waals surface area (Å²) in [6.45, 7) is 4.12. The molecule has 2 aromatic carbocycles. The van der Waals surface area contributed by atoms with Crippen LogP contribution in [0.5, 0.6) is 5.75 Å². The Morgan fingerprint density at radius 2 is 2.00 bits per heavy atom. The molecular weight excluding hydrogens is 562 g/mol. The minimum Gasteiger partial charge on any atom is -0.488 e. The molecule has 0 bridgehead atoms. The predicted molar refractivity (Wildman–Crippen MR) is 163 cm³/mol. The summed E-state index contributed by atoms with van der Waals surface area (Å²) in [5, 5.41) is 14.2. The molecule has 43 heavy (non-hydrogen) atoms. The van der Waals surface area contributed by atoms with E-state index < -0.39 is 17.5 Å². The third-order valence-electron chi connectivity index (χ3n) is 9.15. The molecule has 3 fully saturated rings. The van der Waals surface area contributed by atoms with E-state index in [9.17, 15) is 19.6 Å². The third-order valence-corrected chi connectivity index (χ3v) is 10.3. The molecule has 222 valence electrons. The van der Waals surface area contributed by atoms with Crippen LogP contribution in [0.3, 0.4) is 0 Å². The van der Waals surface area contributed by atoms with Crippen LogP contribution in [-0.4, -0.2) is 64.3 Å². The Balaban J connectivity index is 1.20. The molecular formula is C33H35N5O4S. The molecule has 2 aliphatic heterocycles. The highest BCUT2D eigenvalue weighted by molar-refractivity contribution is 7.18. The number of nitrogens with one attached hydrogen (secondary N) is 1. The van der Waals surface area contributed by atoms with Crippen molar-refractivity contribution in [2.24, 2.45) is 5.92 Å². The number of likely N-dealkylation sites (N-methyl/N-ethyl adjacent to an activating group) is 1. The number of para-hydroxylation sites is 1. The van der Waals surface area contributed by atoms with Gasteiger partial charge in [0.1, 0.15) is 23.3 Å². The number of ether oxygens (including phenoxy) is 1. The lowest BCUT2D eigenvalue weighted by Crippen LogP contribution is -2.52. The second kappa shape index (κ2) is 10.3. The first-order valence-electron chi connectivity index (χ1n) is 15.2. The van der Waals surface area contributed by atoms with Crippen molar-refractivity contribution < 1.29 is 19.1 Å². The number of carbonyl (C=O) groups excluding carboxylic acids is 3. The molecule has 7 rings (SSSR count). The van der Waals surface area contributed by atoms with Gasteiger partial charge in [0.2, 0.25) is 11.8 Å². The van der Waals surface area contributed by atoms with Crippen molar-refractivity contribution in [3.63, 3.8) is 0 Å². The fraction of sp³-hybridized carbons (Fsp3) is 0.485. The first-order chi connectivity index (χ1) is 20.7. The summed E-state index contributed by atoms with van der Waals surface area (Å²) in [7, 11) is 1.66. The summed E-state index contributed by atoms with van der Waals surface area (Å²) in [4.78, 5) is 49.6. The van der Waals surface area contributed by atoms with Gasteiger partial charge in [-0.15, -0.1) is 11.3 Å². The summed E-state index contributed by atoms with van der Waals surface area (Å²) in [6, 6.07) is 11.8. The van der Waals surface area contributed by atoms with Crippen LogP contribution in [0.1, 0.15) is 79.2 Å². The van der Waals surface area contributed by atoms with E-state index in [1.807, 2.05) is 44.2 Å². The zero-order valence-corrected chi connectivity index (χ0v) is 25.4. The minimum absolute atomic E-state index is 0.0969. The van der Waals surface area contributed by atoms with Gasteiger partial charge in [-0.25, -0.2) is 4.98 Å². The maximum Gasteiger partial charge on any atom is 0.254 e. The van der Waals surface area contributed by atoms with Crippen LogP contribution in [0.2, 0.25) is 0 Å². The molecule has 1 aromatic heterocycles. The first-order valence-corrected chi connectivity index (χ1v) is 16.0. The molecule has 0 radical (unpaired) electrons. The predicted octanol–water partition coefficient (Wildman–Crippen LogP) is 5.22. The highest BCUT2D eigenvalue weighted by Gasteiger charge is 2.56. The van der Waals surface area contributed by atoms with Gasteiger partial charge in [0.05, 0.1) is 27.3 Å². The van der Waals surface area contributed by atoms with E-state index in [0.29, 0.717) is 23.7 Å². The molecule has 1 spiro atoms. The topological polar surface area (TPSA) is 116 Å². The highest BCUT2D eigenvalue weighted by Crippen LogP contribution is 2.47. The number of rotatable bonds is 8. The summed E-state index contributed by atoms with van der Waals surface area (Å²) in [6.07, 6.45) is 5.05. The number of hydrogen-bond acceptors (Lipinski definition) is 7. The Kier molecular flexibility index (Phi) is 6.69. The number of anilines is 1. The number of hydrogen-bond donors (Lipinski definition) is 1. The highest BCUT2D eigenvalue weighted by atomic mass is 32.1. The van der Waals surface area contributed by atoms with Crippen LogP contribution in [0.15, 0.2) is 36.4 Å². The fourth-order valence-electron chi connectivity index (χ4n) is 6.49. The molecule has 3 heterocycles. The van der Waals surface area contributed by atoms with Crippen molar-refractivity contribution in [3.05, 3.63) is 52.5 Å². The summed E-state index contributed by atoms with van der Waals surface area (Å²) >= 11 is 1.62. The zero-order chi connectivity index (χ0) is 30.0. The van der Waals surface area contributed by atoms with E-state index in [2.05, 4.69) is 11.4 Å². The summed E-state index contributed by atoms with van der Waals surface area (Å²) in [5.74, 6) is 0.440. The maximum absolute atomic E-state index is 14.3. The Hall–Kier alpha value is -3.97. The van der Waals surface area contributed by atoms with Gasteiger partial charge in [-0.2, -0.15) is 5.26 Å². The van der Waals surface area contributed by atoms with Gasteiger partial charge in [-0.3, -0.25) is 14.4 Å². The number of nitriles is 1. The molecule has 3 amide bonds. The fourth-order valence-corrected chi connectivity index (χ4v) is 7.69. The van der Waals surface area contributed by atoms with Gasteiger partial charge in [0.25, 0.3) is 5.91 Å². The monoisotopic (exact) mass is 597 g/mol. The third kappa shape index (κ3) is 4.84. The normalized spacial score (nSPS) is 23.4. The number of thiazole rings is 1. The van der Waals surface area contributed by atoms with Crippen molar-refractivity contribution in [1.82, 2.24) is 14.8 Å². The first kappa shape index (κ1) is 27.8. The minimum atomic E-state index is -0.983. The molecule has 3 atom stereocenters. The summed E-state index contributed by atoms with van der Waals surface area (Å²) < 4.78 is 7.14. The molecule has 2 aliphatic carbocycles. The molecule has 0 unspecified atom stereocenters. The number of likely N-dealkylation sites (tertiary alicyclic amines) is 1. The number of nitrogens with zero attached hydrogens (tertiary/aromatic N) is 4. The van der Waals surface area contributed by atoms with Crippen molar-refractivity contribution in [1.29, 1.82) is 5.26 Å². The maximum atomic E-state index is 14.3. The standard InChI is InChI=1S/C33H35N5O4S/c1-18(2)12-25(31(40)38-17-33(15-21(38)16-34)23-6-4-5-7-24(23)35-32(33)41)37(3)30(39)20-13-26(42-22-10-11-22)28-27(14-20)43-29(36-28)19-8-9-19/h4-7,13-14,18-19,21-22,25H,8-12,15,17H2,1-3H3,(H,35,41)/t21-,25-,33-/m0/s1. The molecule has 1 saturated heterocycles. The van der Waals surface area contributed by atoms with Crippen LogP contribution < -0.4 is 10.1 Å². The van der Waals surface area contributed by atoms with Crippen LogP contribution in [0.25, 0.3) is 10.2 Å². The second-order valence-corrected chi connectivity index (χ2v) is 14.0. The van der Waals surface area contributed by atoms with E-state index in [-0.39, 0.29) is 42.7 Å². The smallest absolute Gasteiger partial charge is 0.254 e. The van der Waals surface area contributed by atoms with Gasteiger partial charge in [-0.1, -0.05) is 32.0 Å². The molecule has 3 aromatic rings. The molecule has 1 N–H and O–H groups in total. The van der Waals surface area contributed by atoms with Crippen molar-refractivity contribution in [2.45, 2.75) is 81.9 Å². The average molecular weight is 598 g/mol. The lowest BCUT2D eigenvalue weighted by molar-refractivity contribution is -0.136. The molecule has 9 nitrogen and oxygen atoms in total. The zero-order valence-electron chi connectivity index (χ0n) is 24.6. The number of amides is 3. The summed E-state index contributed by atoms with van der Waals surface area (Å²) in [5.41, 5.74) is 1.81. The quantitative estimate of drug-likeness (QED) is 0.381. The lowest BCUT2D eigenvalue weighted by atomic mass is 9.80. The Labute approximate surface area is 254 Å².